The molecule has 6 heteroatoms. The summed E-state index contributed by atoms with van der Waals surface area (Å²) >= 11 is 1.64. The van der Waals surface area contributed by atoms with E-state index in [9.17, 15) is 14.7 Å². The van der Waals surface area contributed by atoms with Crippen LogP contribution in [-0.2, 0) is 11.3 Å². The fourth-order valence-electron chi connectivity index (χ4n) is 2.43. The van der Waals surface area contributed by atoms with E-state index in [4.69, 9.17) is 4.74 Å². The third-order valence-corrected chi connectivity index (χ3v) is 4.30. The van der Waals surface area contributed by atoms with Crippen molar-refractivity contribution in [1.82, 2.24) is 4.57 Å². The van der Waals surface area contributed by atoms with Crippen LogP contribution in [0.5, 0.6) is 5.75 Å². The van der Waals surface area contributed by atoms with Gasteiger partial charge in [-0.1, -0.05) is 6.07 Å². The van der Waals surface area contributed by atoms with Gasteiger partial charge in [-0.25, -0.2) is 4.79 Å². The highest BCUT2D eigenvalue weighted by Crippen LogP contribution is 2.36. The summed E-state index contributed by atoms with van der Waals surface area (Å²) < 4.78 is 6.42. The van der Waals surface area contributed by atoms with Crippen LogP contribution < -0.4 is 5.56 Å². The highest BCUT2D eigenvalue weighted by Gasteiger charge is 2.25. The number of hydrogen-bond acceptors (Lipinski definition) is 5. The van der Waals surface area contributed by atoms with Crippen LogP contribution >= 0.6 is 11.8 Å². The van der Waals surface area contributed by atoms with E-state index in [0.717, 1.165) is 10.6 Å². The number of thioether (sulfide) groups is 1. The summed E-state index contributed by atoms with van der Waals surface area (Å²) in [6, 6.07) is 5.42. The van der Waals surface area contributed by atoms with Gasteiger partial charge in [0.2, 0.25) is 0 Å². The summed E-state index contributed by atoms with van der Waals surface area (Å²) in [5.74, 6) is -0.299. The molecule has 1 N–H and O–H groups in total. The number of para-hydroxylation sites is 1. The molecule has 0 bridgehead atoms. The molecule has 104 valence electrons. The van der Waals surface area contributed by atoms with Gasteiger partial charge in [0, 0.05) is 22.6 Å². The van der Waals surface area contributed by atoms with Crippen LogP contribution in [0.15, 0.2) is 27.9 Å². The topological polar surface area (TPSA) is 68.5 Å². The van der Waals surface area contributed by atoms with E-state index < -0.39 is 11.5 Å². The molecule has 2 aromatic rings. The van der Waals surface area contributed by atoms with Gasteiger partial charge in [0.1, 0.15) is 5.75 Å². The first-order valence-corrected chi connectivity index (χ1v) is 7.32. The lowest BCUT2D eigenvalue weighted by molar-refractivity contribution is 0.0520. The smallest absolute Gasteiger partial charge is 0.347 e. The molecule has 0 fully saturated rings. The molecule has 0 aliphatic carbocycles. The van der Waals surface area contributed by atoms with Gasteiger partial charge in [0.05, 0.1) is 12.1 Å². The van der Waals surface area contributed by atoms with Crippen molar-refractivity contribution in [3.8, 4) is 5.75 Å². The first kappa shape index (κ1) is 13.1. The molecule has 0 spiro atoms. The van der Waals surface area contributed by atoms with Gasteiger partial charge in [-0.3, -0.25) is 4.79 Å². The zero-order valence-corrected chi connectivity index (χ0v) is 11.7. The van der Waals surface area contributed by atoms with Crippen LogP contribution in [0.3, 0.4) is 0 Å². The lowest BCUT2D eigenvalue weighted by atomic mass is 10.1. The van der Waals surface area contributed by atoms with Gasteiger partial charge >= 0.3 is 5.97 Å². The minimum absolute atomic E-state index is 0.158. The van der Waals surface area contributed by atoms with E-state index >= 15 is 0 Å². The first-order chi connectivity index (χ1) is 9.65. The Bertz CT molecular complexity index is 766. The minimum atomic E-state index is -0.774. The van der Waals surface area contributed by atoms with E-state index in [1.165, 1.54) is 0 Å². The number of ether oxygens (including phenoxy) is 1. The van der Waals surface area contributed by atoms with Crippen molar-refractivity contribution in [3.05, 3.63) is 34.1 Å². The summed E-state index contributed by atoms with van der Waals surface area (Å²) in [5.41, 5.74) is -0.0658. The molecule has 1 aromatic carbocycles. The van der Waals surface area contributed by atoms with Gasteiger partial charge < -0.3 is 14.4 Å². The van der Waals surface area contributed by atoms with Crippen LogP contribution in [0.2, 0.25) is 0 Å². The predicted octanol–water partition coefficient (Wildman–Crippen LogP) is 1.99. The van der Waals surface area contributed by atoms with E-state index in [-0.39, 0.29) is 17.9 Å². The Kier molecular flexibility index (Phi) is 3.17. The van der Waals surface area contributed by atoms with Crippen LogP contribution in [0.25, 0.3) is 10.9 Å². The monoisotopic (exact) mass is 291 g/mol. The SMILES string of the molecule is CCOC(=O)c1c(O)c2cccc3c2n(c1=O)CCS3. The lowest BCUT2D eigenvalue weighted by Gasteiger charge is -2.20. The summed E-state index contributed by atoms with van der Waals surface area (Å²) in [6.45, 7) is 2.34. The average molecular weight is 291 g/mol. The second kappa shape index (κ2) is 4.86. The molecule has 1 aliphatic heterocycles. The molecule has 2 heterocycles. The first-order valence-electron chi connectivity index (χ1n) is 6.33. The third-order valence-electron chi connectivity index (χ3n) is 3.27. The fraction of sp³-hybridized carbons (Fsp3) is 0.286. The third kappa shape index (κ3) is 1.79. The molecule has 0 saturated heterocycles. The number of benzene rings is 1. The number of hydrogen-bond donors (Lipinski definition) is 1. The second-order valence-corrected chi connectivity index (χ2v) is 5.54. The number of aromatic nitrogens is 1. The maximum Gasteiger partial charge on any atom is 0.347 e. The van der Waals surface area contributed by atoms with Gasteiger partial charge in [0.15, 0.2) is 5.56 Å². The zero-order chi connectivity index (χ0) is 14.3. The van der Waals surface area contributed by atoms with Gasteiger partial charge in [-0.15, -0.1) is 11.8 Å². The van der Waals surface area contributed by atoms with Crippen LogP contribution in [0.4, 0.5) is 0 Å². The largest absolute Gasteiger partial charge is 0.506 e. The number of aromatic hydroxyl groups is 1. The molecular formula is C14H13NO4S. The number of nitrogens with zero attached hydrogens (tertiary/aromatic N) is 1. The Morgan fingerprint density at radius 3 is 3.05 bits per heavy atom. The fourth-order valence-corrected chi connectivity index (χ4v) is 3.45. The lowest BCUT2D eigenvalue weighted by Crippen LogP contribution is -2.30. The van der Waals surface area contributed by atoms with Gasteiger partial charge in [-0.05, 0) is 19.1 Å². The van der Waals surface area contributed by atoms with E-state index in [0.29, 0.717) is 17.4 Å². The average Bonchev–Trinajstić information content (AvgIpc) is 2.45. The minimum Gasteiger partial charge on any atom is -0.506 e. The Hall–Kier alpha value is -1.95. The van der Waals surface area contributed by atoms with Crippen molar-refractivity contribution in [2.75, 3.05) is 12.4 Å². The number of rotatable bonds is 2. The highest BCUT2D eigenvalue weighted by atomic mass is 32.2. The second-order valence-electron chi connectivity index (χ2n) is 4.40. The quantitative estimate of drug-likeness (QED) is 0.857. The van der Waals surface area contributed by atoms with Crippen LogP contribution in [-0.4, -0.2) is 28.0 Å². The predicted molar refractivity (Wildman–Crippen MR) is 76.6 cm³/mol. The molecule has 0 amide bonds. The summed E-state index contributed by atoms with van der Waals surface area (Å²) in [5, 5.41) is 10.8. The molecule has 0 atom stereocenters. The van der Waals surface area contributed by atoms with Crippen molar-refractivity contribution in [2.24, 2.45) is 0 Å². The molecule has 0 saturated carbocycles. The van der Waals surface area contributed by atoms with E-state index in [2.05, 4.69) is 0 Å². The molecular weight excluding hydrogens is 278 g/mol. The maximum atomic E-state index is 12.4. The molecule has 0 unspecified atom stereocenters. The Balaban J connectivity index is 2.40. The number of aryl methyl sites for hydroxylation is 1. The molecule has 1 aromatic heterocycles. The molecule has 0 radical (unpaired) electrons. The van der Waals surface area contributed by atoms with Crippen molar-refractivity contribution >= 4 is 28.6 Å². The van der Waals surface area contributed by atoms with Gasteiger partial charge in [-0.2, -0.15) is 0 Å². The summed E-state index contributed by atoms with van der Waals surface area (Å²) in [6.07, 6.45) is 0. The highest BCUT2D eigenvalue weighted by molar-refractivity contribution is 7.99. The number of esters is 1. The van der Waals surface area contributed by atoms with Crippen molar-refractivity contribution in [3.63, 3.8) is 0 Å². The maximum absolute atomic E-state index is 12.4. The van der Waals surface area contributed by atoms with E-state index in [1.807, 2.05) is 6.07 Å². The standard InChI is InChI=1S/C14H13NO4S/c1-2-19-14(18)10-12(16)8-4-3-5-9-11(8)15(13(10)17)6-7-20-9/h3-5,16H,2,6-7H2,1H3. The normalized spacial score (nSPS) is 13.4. The Labute approximate surface area is 119 Å². The Morgan fingerprint density at radius 1 is 1.50 bits per heavy atom. The van der Waals surface area contributed by atoms with Crippen molar-refractivity contribution < 1.29 is 14.6 Å². The van der Waals surface area contributed by atoms with E-state index in [1.54, 1.807) is 35.4 Å². The van der Waals surface area contributed by atoms with Crippen molar-refractivity contribution in [1.29, 1.82) is 0 Å². The Morgan fingerprint density at radius 2 is 2.30 bits per heavy atom. The molecule has 3 rings (SSSR count). The summed E-state index contributed by atoms with van der Waals surface area (Å²) in [4.78, 5) is 25.3. The van der Waals surface area contributed by atoms with Crippen LogP contribution in [0.1, 0.15) is 17.3 Å². The molecule has 1 aliphatic rings. The number of pyridine rings is 1. The number of carbonyl (C=O) groups is 1. The summed E-state index contributed by atoms with van der Waals surface area (Å²) in [7, 11) is 0. The zero-order valence-electron chi connectivity index (χ0n) is 10.9. The molecule has 20 heavy (non-hydrogen) atoms. The molecule has 5 nitrogen and oxygen atoms in total. The van der Waals surface area contributed by atoms with Crippen LogP contribution in [0, 0.1) is 0 Å². The number of carbonyl (C=O) groups excluding carboxylic acids is 1. The van der Waals surface area contributed by atoms with Crippen molar-refractivity contribution in [2.45, 2.75) is 18.4 Å². The van der Waals surface area contributed by atoms with Gasteiger partial charge in [0.25, 0.3) is 5.56 Å².